The highest BCUT2D eigenvalue weighted by atomic mass is 19.3. The summed E-state index contributed by atoms with van der Waals surface area (Å²) < 4.78 is 43.7. The van der Waals surface area contributed by atoms with Crippen molar-refractivity contribution >= 4 is 11.9 Å². The molecule has 0 spiro atoms. The minimum atomic E-state index is -2.95. The monoisotopic (exact) mass is 379 g/mol. The predicted molar refractivity (Wildman–Crippen MR) is 87.8 cm³/mol. The molecule has 7 nitrogen and oxygen atoms in total. The number of hydrogen-bond acceptors (Lipinski definition) is 6. The SMILES string of the molecule is O=C(COC(=O)c1ccc(OC(F)F)cc1)NCc1ccc2c(c1)OCO2. The molecular weight excluding hydrogens is 364 g/mol. The number of amides is 1. The van der Waals surface area contributed by atoms with Gasteiger partial charge in [-0.15, -0.1) is 0 Å². The predicted octanol–water partition coefficient (Wildman–Crippen LogP) is 2.49. The van der Waals surface area contributed by atoms with Crippen LogP contribution in [0.15, 0.2) is 42.5 Å². The summed E-state index contributed by atoms with van der Waals surface area (Å²) in [6.07, 6.45) is 0. The Morgan fingerprint density at radius 1 is 1.07 bits per heavy atom. The minimum absolute atomic E-state index is 0.0805. The average Bonchev–Trinajstić information content (AvgIpc) is 3.12. The lowest BCUT2D eigenvalue weighted by Crippen LogP contribution is -2.28. The first kappa shape index (κ1) is 18.4. The smallest absolute Gasteiger partial charge is 0.387 e. The number of carbonyl (C=O) groups is 2. The second-order valence-corrected chi connectivity index (χ2v) is 5.44. The molecule has 142 valence electrons. The zero-order chi connectivity index (χ0) is 19.2. The number of benzene rings is 2. The summed E-state index contributed by atoms with van der Waals surface area (Å²) in [5, 5.41) is 2.61. The molecule has 1 aliphatic heterocycles. The molecular formula is C18H15F2NO6. The maximum atomic E-state index is 12.1. The van der Waals surface area contributed by atoms with Crippen molar-refractivity contribution in [1.29, 1.82) is 0 Å². The van der Waals surface area contributed by atoms with Crippen molar-refractivity contribution in [3.63, 3.8) is 0 Å². The molecule has 0 atom stereocenters. The molecule has 0 unspecified atom stereocenters. The fourth-order valence-corrected chi connectivity index (χ4v) is 2.29. The van der Waals surface area contributed by atoms with Crippen molar-refractivity contribution in [3.8, 4) is 17.2 Å². The fourth-order valence-electron chi connectivity index (χ4n) is 2.29. The van der Waals surface area contributed by atoms with E-state index in [1.807, 2.05) is 0 Å². The Bertz CT molecular complexity index is 825. The summed E-state index contributed by atoms with van der Waals surface area (Å²) in [4.78, 5) is 23.7. The number of hydrogen-bond donors (Lipinski definition) is 1. The van der Waals surface area contributed by atoms with Gasteiger partial charge < -0.3 is 24.3 Å². The first-order valence-corrected chi connectivity index (χ1v) is 7.88. The summed E-state index contributed by atoms with van der Waals surface area (Å²) in [5.74, 6) is -0.0741. The van der Waals surface area contributed by atoms with Crippen LogP contribution in [0.2, 0.25) is 0 Å². The molecule has 1 N–H and O–H groups in total. The number of halogens is 2. The summed E-state index contributed by atoms with van der Waals surface area (Å²) in [6, 6.07) is 10.2. The maximum absolute atomic E-state index is 12.1. The van der Waals surface area contributed by atoms with Crippen LogP contribution in [0.25, 0.3) is 0 Å². The van der Waals surface area contributed by atoms with Crippen LogP contribution >= 0.6 is 0 Å². The van der Waals surface area contributed by atoms with E-state index < -0.39 is 25.1 Å². The molecule has 2 aromatic carbocycles. The van der Waals surface area contributed by atoms with Gasteiger partial charge in [0.15, 0.2) is 18.1 Å². The number of nitrogens with one attached hydrogen (secondary N) is 1. The maximum Gasteiger partial charge on any atom is 0.387 e. The highest BCUT2D eigenvalue weighted by Gasteiger charge is 2.14. The van der Waals surface area contributed by atoms with E-state index >= 15 is 0 Å². The molecule has 0 saturated heterocycles. The third-order valence-electron chi connectivity index (χ3n) is 3.58. The number of esters is 1. The third-order valence-corrected chi connectivity index (χ3v) is 3.58. The summed E-state index contributed by atoms with van der Waals surface area (Å²) >= 11 is 0. The Hall–Kier alpha value is -3.36. The van der Waals surface area contributed by atoms with Crippen LogP contribution in [-0.2, 0) is 16.1 Å². The summed E-state index contributed by atoms with van der Waals surface area (Å²) in [6.45, 7) is -3.03. The zero-order valence-electron chi connectivity index (χ0n) is 13.9. The second kappa shape index (κ2) is 8.35. The van der Waals surface area contributed by atoms with Crippen LogP contribution in [0.5, 0.6) is 17.2 Å². The van der Waals surface area contributed by atoms with E-state index in [0.29, 0.717) is 11.5 Å². The van der Waals surface area contributed by atoms with Gasteiger partial charge in [-0.1, -0.05) is 6.07 Å². The largest absolute Gasteiger partial charge is 0.454 e. The number of fused-ring (bicyclic) bond motifs is 1. The van der Waals surface area contributed by atoms with Gasteiger partial charge in [0, 0.05) is 6.54 Å². The molecule has 3 rings (SSSR count). The quantitative estimate of drug-likeness (QED) is 0.745. The van der Waals surface area contributed by atoms with Crippen molar-refractivity contribution in [3.05, 3.63) is 53.6 Å². The molecule has 2 aromatic rings. The number of rotatable bonds is 7. The molecule has 9 heteroatoms. The fraction of sp³-hybridized carbons (Fsp3) is 0.222. The first-order chi connectivity index (χ1) is 13.0. The van der Waals surface area contributed by atoms with E-state index in [1.54, 1.807) is 18.2 Å². The normalized spacial score (nSPS) is 12.0. The third kappa shape index (κ3) is 5.06. The van der Waals surface area contributed by atoms with Gasteiger partial charge in [0.2, 0.25) is 6.79 Å². The standard InChI is InChI=1S/C18H15F2NO6/c19-18(20)27-13-4-2-12(3-5-13)17(23)24-9-16(22)21-8-11-1-6-14-15(7-11)26-10-25-14/h1-7,18H,8-10H2,(H,21,22). The van der Waals surface area contributed by atoms with Gasteiger partial charge in [0.05, 0.1) is 5.56 Å². The molecule has 0 aromatic heterocycles. The molecule has 0 bridgehead atoms. The average molecular weight is 379 g/mol. The molecule has 1 aliphatic rings. The van der Waals surface area contributed by atoms with Crippen molar-refractivity contribution < 1.29 is 37.3 Å². The van der Waals surface area contributed by atoms with Crippen LogP contribution in [0.4, 0.5) is 8.78 Å². The molecule has 1 amide bonds. The van der Waals surface area contributed by atoms with Gasteiger partial charge in [-0.3, -0.25) is 4.79 Å². The van der Waals surface area contributed by atoms with E-state index in [2.05, 4.69) is 10.1 Å². The Morgan fingerprint density at radius 2 is 1.81 bits per heavy atom. The lowest BCUT2D eigenvalue weighted by atomic mass is 10.2. The van der Waals surface area contributed by atoms with Crippen LogP contribution < -0.4 is 19.5 Å². The Labute approximate surface area is 152 Å². The van der Waals surface area contributed by atoms with Crippen LogP contribution in [0, 0.1) is 0 Å². The zero-order valence-corrected chi connectivity index (χ0v) is 13.9. The van der Waals surface area contributed by atoms with E-state index in [0.717, 1.165) is 5.56 Å². The van der Waals surface area contributed by atoms with Crippen molar-refractivity contribution in [2.24, 2.45) is 0 Å². The topological polar surface area (TPSA) is 83.1 Å². The van der Waals surface area contributed by atoms with Crippen molar-refractivity contribution in [2.45, 2.75) is 13.2 Å². The lowest BCUT2D eigenvalue weighted by molar-refractivity contribution is -0.124. The van der Waals surface area contributed by atoms with E-state index in [9.17, 15) is 18.4 Å². The van der Waals surface area contributed by atoms with Gasteiger partial charge in [0.25, 0.3) is 5.91 Å². The number of alkyl halides is 2. The number of carbonyl (C=O) groups excluding carboxylic acids is 2. The molecule has 0 saturated carbocycles. The van der Waals surface area contributed by atoms with E-state index in [-0.39, 0.29) is 24.7 Å². The lowest BCUT2D eigenvalue weighted by Gasteiger charge is -2.08. The van der Waals surface area contributed by atoms with Gasteiger partial charge in [-0.05, 0) is 42.0 Å². The second-order valence-electron chi connectivity index (χ2n) is 5.44. The Kier molecular flexibility index (Phi) is 5.70. The molecule has 0 fully saturated rings. The van der Waals surface area contributed by atoms with Crippen LogP contribution in [-0.4, -0.2) is 31.9 Å². The van der Waals surface area contributed by atoms with Crippen LogP contribution in [0.3, 0.4) is 0 Å². The van der Waals surface area contributed by atoms with E-state index in [1.165, 1.54) is 24.3 Å². The van der Waals surface area contributed by atoms with Crippen molar-refractivity contribution in [2.75, 3.05) is 13.4 Å². The number of ether oxygens (including phenoxy) is 4. The summed E-state index contributed by atoms with van der Waals surface area (Å²) in [5.41, 5.74) is 0.911. The van der Waals surface area contributed by atoms with Crippen molar-refractivity contribution in [1.82, 2.24) is 5.32 Å². The van der Waals surface area contributed by atoms with Gasteiger partial charge in [0.1, 0.15) is 5.75 Å². The van der Waals surface area contributed by atoms with Gasteiger partial charge in [-0.2, -0.15) is 8.78 Å². The minimum Gasteiger partial charge on any atom is -0.454 e. The van der Waals surface area contributed by atoms with Gasteiger partial charge in [-0.25, -0.2) is 4.79 Å². The molecule has 0 radical (unpaired) electrons. The highest BCUT2D eigenvalue weighted by molar-refractivity contribution is 5.91. The Morgan fingerprint density at radius 3 is 2.56 bits per heavy atom. The molecule has 1 heterocycles. The molecule has 0 aliphatic carbocycles. The highest BCUT2D eigenvalue weighted by Crippen LogP contribution is 2.32. The van der Waals surface area contributed by atoms with E-state index in [4.69, 9.17) is 14.2 Å². The first-order valence-electron chi connectivity index (χ1n) is 7.88. The summed E-state index contributed by atoms with van der Waals surface area (Å²) in [7, 11) is 0. The Balaban J connectivity index is 1.44. The van der Waals surface area contributed by atoms with Gasteiger partial charge >= 0.3 is 12.6 Å². The van der Waals surface area contributed by atoms with Crippen LogP contribution in [0.1, 0.15) is 15.9 Å². The molecule has 27 heavy (non-hydrogen) atoms.